The molecule has 0 aromatic heterocycles. The van der Waals surface area contributed by atoms with E-state index in [1.165, 1.54) is 11.1 Å². The van der Waals surface area contributed by atoms with Crippen LogP contribution in [0.4, 0.5) is 0 Å². The van der Waals surface area contributed by atoms with Crippen molar-refractivity contribution in [1.29, 1.82) is 0 Å². The molecule has 0 aliphatic carbocycles. The second-order valence-electron chi connectivity index (χ2n) is 8.24. The molecule has 3 aromatic rings. The Morgan fingerprint density at radius 3 is 2.47 bits per heavy atom. The lowest BCUT2D eigenvalue weighted by atomic mass is 10.00. The van der Waals surface area contributed by atoms with Gasteiger partial charge in [0.1, 0.15) is 6.61 Å². The number of ether oxygens (including phenoxy) is 2. The number of methoxy groups -OCH3 is 1. The number of hydrogen-bond acceptors (Lipinski definition) is 4. The molecule has 166 valence electrons. The summed E-state index contributed by atoms with van der Waals surface area (Å²) in [5.41, 5.74) is 4.83. The lowest BCUT2D eigenvalue weighted by Crippen LogP contribution is -2.40. The number of carbonyl (C=O) groups is 1. The van der Waals surface area contributed by atoms with Crippen LogP contribution in [0.5, 0.6) is 11.5 Å². The summed E-state index contributed by atoms with van der Waals surface area (Å²) in [6.45, 7) is 3.18. The lowest BCUT2D eigenvalue weighted by Gasteiger charge is -2.29. The van der Waals surface area contributed by atoms with Crippen molar-refractivity contribution < 1.29 is 14.3 Å². The summed E-state index contributed by atoms with van der Waals surface area (Å²) in [4.78, 5) is 16.8. The highest BCUT2D eigenvalue weighted by Crippen LogP contribution is 2.29. The third-order valence-electron chi connectivity index (χ3n) is 5.88. The van der Waals surface area contributed by atoms with Gasteiger partial charge in [0.2, 0.25) is 5.91 Å². The summed E-state index contributed by atoms with van der Waals surface area (Å²) >= 11 is 0. The van der Waals surface area contributed by atoms with Crippen LogP contribution < -0.4 is 9.47 Å². The minimum absolute atomic E-state index is 0.118. The Morgan fingerprint density at radius 2 is 1.69 bits per heavy atom. The molecule has 1 heterocycles. The molecular weight excluding hydrogens is 400 g/mol. The average molecular weight is 431 g/mol. The summed E-state index contributed by atoms with van der Waals surface area (Å²) in [6, 6.07) is 24.4. The number of carbonyl (C=O) groups excluding carboxylic acids is 1. The van der Waals surface area contributed by atoms with Gasteiger partial charge in [-0.2, -0.15) is 0 Å². The number of fused-ring (bicyclic) bond motifs is 1. The van der Waals surface area contributed by atoms with Gasteiger partial charge in [-0.15, -0.1) is 0 Å². The Hall–Kier alpha value is -3.31. The minimum Gasteiger partial charge on any atom is -0.493 e. The quantitative estimate of drug-likeness (QED) is 0.535. The van der Waals surface area contributed by atoms with Crippen molar-refractivity contribution in [3.05, 3.63) is 95.1 Å². The number of hydrogen-bond donors (Lipinski definition) is 0. The summed E-state index contributed by atoms with van der Waals surface area (Å²) in [5.74, 6) is 1.49. The zero-order valence-electron chi connectivity index (χ0n) is 18.8. The van der Waals surface area contributed by atoms with Gasteiger partial charge in [-0.25, -0.2) is 0 Å². The van der Waals surface area contributed by atoms with Gasteiger partial charge in [-0.1, -0.05) is 60.7 Å². The van der Waals surface area contributed by atoms with E-state index in [4.69, 9.17) is 9.47 Å². The van der Waals surface area contributed by atoms with E-state index in [1.807, 2.05) is 55.6 Å². The molecule has 0 atom stereocenters. The van der Waals surface area contributed by atoms with Crippen LogP contribution >= 0.6 is 0 Å². The molecule has 4 rings (SSSR count). The standard InChI is InChI=1S/C27H30N2O3/c1-28(27(30)19-29-15-14-23-10-6-7-11-24(23)18-29)17-22-12-13-25(26(16-22)31-2)32-20-21-8-4-3-5-9-21/h3-13,16H,14-15,17-20H2,1-2H3. The number of nitrogens with zero attached hydrogens (tertiary/aromatic N) is 2. The van der Waals surface area contributed by atoms with Crippen molar-refractivity contribution in [1.82, 2.24) is 9.80 Å². The first-order chi connectivity index (χ1) is 15.6. The third-order valence-corrected chi connectivity index (χ3v) is 5.88. The van der Waals surface area contributed by atoms with Crippen molar-refractivity contribution in [2.24, 2.45) is 0 Å². The SMILES string of the molecule is COc1cc(CN(C)C(=O)CN2CCc3ccccc3C2)ccc1OCc1ccccc1. The van der Waals surface area contributed by atoms with Gasteiger partial charge < -0.3 is 14.4 Å². The monoisotopic (exact) mass is 430 g/mol. The Kier molecular flexibility index (Phi) is 7.07. The molecule has 1 aliphatic rings. The molecule has 3 aromatic carbocycles. The van der Waals surface area contributed by atoms with E-state index < -0.39 is 0 Å². The van der Waals surface area contributed by atoms with Gasteiger partial charge in [0, 0.05) is 26.7 Å². The van der Waals surface area contributed by atoms with Crippen molar-refractivity contribution >= 4 is 5.91 Å². The molecule has 0 unspecified atom stereocenters. The van der Waals surface area contributed by atoms with Gasteiger partial charge >= 0.3 is 0 Å². The van der Waals surface area contributed by atoms with Crippen LogP contribution in [0, 0.1) is 0 Å². The van der Waals surface area contributed by atoms with Crippen LogP contribution in [-0.2, 0) is 30.9 Å². The first-order valence-electron chi connectivity index (χ1n) is 11.0. The van der Waals surface area contributed by atoms with E-state index in [-0.39, 0.29) is 5.91 Å². The Labute approximate surface area is 190 Å². The second-order valence-corrected chi connectivity index (χ2v) is 8.24. The minimum atomic E-state index is 0.118. The highest BCUT2D eigenvalue weighted by atomic mass is 16.5. The molecule has 0 radical (unpaired) electrons. The molecule has 0 bridgehead atoms. The molecule has 0 spiro atoms. The number of rotatable bonds is 8. The molecule has 0 fully saturated rings. The fraction of sp³-hybridized carbons (Fsp3) is 0.296. The third kappa shape index (κ3) is 5.48. The first kappa shape index (κ1) is 21.9. The number of amides is 1. The fourth-order valence-corrected chi connectivity index (χ4v) is 4.03. The van der Waals surface area contributed by atoms with E-state index in [0.717, 1.165) is 30.6 Å². The van der Waals surface area contributed by atoms with Crippen molar-refractivity contribution in [2.45, 2.75) is 26.1 Å². The summed E-state index contributed by atoms with van der Waals surface area (Å²) in [6.07, 6.45) is 0.995. The van der Waals surface area contributed by atoms with E-state index in [2.05, 4.69) is 29.2 Å². The molecule has 1 aliphatic heterocycles. The molecule has 0 saturated carbocycles. The van der Waals surface area contributed by atoms with Gasteiger partial charge in [-0.05, 0) is 40.8 Å². The molecule has 0 saturated heterocycles. The maximum absolute atomic E-state index is 12.8. The maximum atomic E-state index is 12.8. The zero-order chi connectivity index (χ0) is 22.3. The smallest absolute Gasteiger partial charge is 0.236 e. The van der Waals surface area contributed by atoms with Crippen LogP contribution in [0.15, 0.2) is 72.8 Å². The van der Waals surface area contributed by atoms with Crippen LogP contribution in [0.25, 0.3) is 0 Å². The lowest BCUT2D eigenvalue weighted by molar-refractivity contribution is -0.131. The molecule has 0 N–H and O–H groups in total. The molecule has 5 nitrogen and oxygen atoms in total. The Balaban J connectivity index is 1.33. The topological polar surface area (TPSA) is 42.0 Å². The van der Waals surface area contributed by atoms with Crippen molar-refractivity contribution in [2.75, 3.05) is 27.2 Å². The summed E-state index contributed by atoms with van der Waals surface area (Å²) in [7, 11) is 3.49. The normalized spacial score (nSPS) is 13.3. The molecule has 32 heavy (non-hydrogen) atoms. The predicted molar refractivity (Wildman–Crippen MR) is 126 cm³/mol. The van der Waals surface area contributed by atoms with E-state index in [9.17, 15) is 4.79 Å². The van der Waals surface area contributed by atoms with Gasteiger partial charge in [0.15, 0.2) is 11.5 Å². The van der Waals surface area contributed by atoms with Crippen molar-refractivity contribution in [3.63, 3.8) is 0 Å². The predicted octanol–water partition coefficient (Wildman–Crippen LogP) is 4.29. The fourth-order valence-electron chi connectivity index (χ4n) is 4.03. The summed E-state index contributed by atoms with van der Waals surface area (Å²) in [5, 5.41) is 0. The zero-order valence-corrected chi connectivity index (χ0v) is 18.8. The number of likely N-dealkylation sites (N-methyl/N-ethyl adjacent to an activating group) is 1. The average Bonchev–Trinajstić information content (AvgIpc) is 2.83. The van der Waals surface area contributed by atoms with Crippen LogP contribution in [0.1, 0.15) is 22.3 Å². The van der Waals surface area contributed by atoms with Crippen LogP contribution in [-0.4, -0.2) is 43.0 Å². The Morgan fingerprint density at radius 1 is 0.938 bits per heavy atom. The molecular formula is C27H30N2O3. The van der Waals surface area contributed by atoms with Crippen LogP contribution in [0.3, 0.4) is 0 Å². The highest BCUT2D eigenvalue weighted by molar-refractivity contribution is 5.78. The molecule has 5 heteroatoms. The highest BCUT2D eigenvalue weighted by Gasteiger charge is 2.20. The van der Waals surface area contributed by atoms with E-state index >= 15 is 0 Å². The molecule has 1 amide bonds. The van der Waals surface area contributed by atoms with Gasteiger partial charge in [0.05, 0.1) is 13.7 Å². The maximum Gasteiger partial charge on any atom is 0.236 e. The van der Waals surface area contributed by atoms with E-state index in [1.54, 1.807) is 12.0 Å². The summed E-state index contributed by atoms with van der Waals surface area (Å²) < 4.78 is 11.5. The van der Waals surface area contributed by atoms with E-state index in [0.29, 0.717) is 31.2 Å². The largest absolute Gasteiger partial charge is 0.493 e. The van der Waals surface area contributed by atoms with Crippen molar-refractivity contribution in [3.8, 4) is 11.5 Å². The number of benzene rings is 3. The second kappa shape index (κ2) is 10.3. The van der Waals surface area contributed by atoms with Gasteiger partial charge in [0.25, 0.3) is 0 Å². The first-order valence-corrected chi connectivity index (χ1v) is 11.0. The Bertz CT molecular complexity index is 1050. The van der Waals surface area contributed by atoms with Gasteiger partial charge in [-0.3, -0.25) is 9.69 Å². The van der Waals surface area contributed by atoms with Crippen LogP contribution in [0.2, 0.25) is 0 Å².